The Bertz CT molecular complexity index is 769. The Balaban J connectivity index is 2.00. The second-order valence-corrected chi connectivity index (χ2v) is 5.32. The second-order valence-electron chi connectivity index (χ2n) is 4.40. The first kappa shape index (κ1) is 12.3. The van der Waals surface area contributed by atoms with Crippen LogP contribution in [0.1, 0.15) is 28.8 Å². The molecule has 3 rings (SSSR count). The van der Waals surface area contributed by atoms with E-state index in [2.05, 4.69) is 32.8 Å². The highest BCUT2D eigenvalue weighted by atomic mass is 79.9. The minimum atomic E-state index is -0.190. The average Bonchev–Trinajstić information content (AvgIpc) is 3.01. The van der Waals surface area contributed by atoms with Gasteiger partial charge in [-0.25, -0.2) is 4.79 Å². The number of aromatic nitrogens is 2. The standard InChI is InChI=1S/C14H13BrN2O2/c1-2-9-4-6-12(19-9)13(15)8-3-5-10-11(7-8)17-14(18)16-10/h3-7,13H,2H2,1H3,(H2,16,17,18). The lowest BCUT2D eigenvalue weighted by Gasteiger charge is -2.07. The topological polar surface area (TPSA) is 61.8 Å². The molecular formula is C14H13BrN2O2. The quantitative estimate of drug-likeness (QED) is 0.725. The van der Waals surface area contributed by atoms with Crippen molar-refractivity contribution in [2.45, 2.75) is 18.2 Å². The van der Waals surface area contributed by atoms with E-state index < -0.39 is 0 Å². The van der Waals surface area contributed by atoms with Gasteiger partial charge in [0, 0.05) is 6.42 Å². The highest BCUT2D eigenvalue weighted by molar-refractivity contribution is 9.09. The highest BCUT2D eigenvalue weighted by Crippen LogP contribution is 2.32. The van der Waals surface area contributed by atoms with E-state index >= 15 is 0 Å². The van der Waals surface area contributed by atoms with Gasteiger partial charge in [0.25, 0.3) is 0 Å². The predicted molar refractivity (Wildman–Crippen MR) is 77.8 cm³/mol. The molecule has 2 heterocycles. The molecule has 0 amide bonds. The molecule has 0 saturated heterocycles. The number of imidazole rings is 1. The van der Waals surface area contributed by atoms with E-state index in [1.54, 1.807) is 0 Å². The first-order valence-electron chi connectivity index (χ1n) is 6.12. The van der Waals surface area contributed by atoms with Crippen molar-refractivity contribution in [3.63, 3.8) is 0 Å². The summed E-state index contributed by atoms with van der Waals surface area (Å²) in [6.45, 7) is 2.06. The molecule has 4 nitrogen and oxygen atoms in total. The van der Waals surface area contributed by atoms with Crippen molar-refractivity contribution in [1.82, 2.24) is 9.97 Å². The molecular weight excluding hydrogens is 308 g/mol. The average molecular weight is 321 g/mol. The van der Waals surface area contributed by atoms with Crippen LogP contribution >= 0.6 is 15.9 Å². The fraction of sp³-hybridized carbons (Fsp3) is 0.214. The Morgan fingerprint density at radius 2 is 2.00 bits per heavy atom. The zero-order valence-electron chi connectivity index (χ0n) is 10.4. The van der Waals surface area contributed by atoms with Crippen molar-refractivity contribution in [1.29, 1.82) is 0 Å². The zero-order valence-corrected chi connectivity index (χ0v) is 12.0. The highest BCUT2D eigenvalue weighted by Gasteiger charge is 2.15. The van der Waals surface area contributed by atoms with Crippen LogP contribution in [0.4, 0.5) is 0 Å². The molecule has 0 aliphatic carbocycles. The molecule has 0 fully saturated rings. The van der Waals surface area contributed by atoms with E-state index in [1.807, 2.05) is 30.3 Å². The largest absolute Gasteiger partial charge is 0.465 e. The number of furan rings is 1. The number of hydrogen-bond donors (Lipinski definition) is 2. The van der Waals surface area contributed by atoms with Gasteiger partial charge >= 0.3 is 5.69 Å². The molecule has 2 N–H and O–H groups in total. The lowest BCUT2D eigenvalue weighted by molar-refractivity contribution is 0.477. The third-order valence-corrected chi connectivity index (χ3v) is 4.09. The van der Waals surface area contributed by atoms with Crippen LogP contribution in [0.3, 0.4) is 0 Å². The summed E-state index contributed by atoms with van der Waals surface area (Å²) in [6, 6.07) is 9.77. The first-order chi connectivity index (χ1) is 9.17. The lowest BCUT2D eigenvalue weighted by Crippen LogP contribution is -1.99. The van der Waals surface area contributed by atoms with Gasteiger partial charge < -0.3 is 14.4 Å². The fourth-order valence-electron chi connectivity index (χ4n) is 2.09. The van der Waals surface area contributed by atoms with Crippen LogP contribution < -0.4 is 5.69 Å². The van der Waals surface area contributed by atoms with Crippen LogP contribution in [0.2, 0.25) is 0 Å². The number of rotatable bonds is 3. The summed E-state index contributed by atoms with van der Waals surface area (Å²) < 4.78 is 5.74. The number of fused-ring (bicyclic) bond motifs is 1. The monoisotopic (exact) mass is 320 g/mol. The number of H-pyrrole nitrogens is 2. The third-order valence-electron chi connectivity index (χ3n) is 3.11. The smallest absolute Gasteiger partial charge is 0.323 e. The van der Waals surface area contributed by atoms with Crippen molar-refractivity contribution in [3.05, 3.63) is 57.9 Å². The summed E-state index contributed by atoms with van der Waals surface area (Å²) >= 11 is 3.63. The van der Waals surface area contributed by atoms with Crippen molar-refractivity contribution in [2.75, 3.05) is 0 Å². The molecule has 0 radical (unpaired) electrons. The van der Waals surface area contributed by atoms with E-state index in [-0.39, 0.29) is 10.5 Å². The summed E-state index contributed by atoms with van der Waals surface area (Å²) in [5, 5.41) is 0. The Labute approximate surface area is 118 Å². The van der Waals surface area contributed by atoms with E-state index in [0.717, 1.165) is 34.5 Å². The number of aromatic amines is 2. The van der Waals surface area contributed by atoms with Crippen molar-refractivity contribution in [2.24, 2.45) is 0 Å². The number of benzene rings is 1. The fourth-order valence-corrected chi connectivity index (χ4v) is 2.62. The summed E-state index contributed by atoms with van der Waals surface area (Å²) in [7, 11) is 0. The molecule has 5 heteroatoms. The van der Waals surface area contributed by atoms with Crippen LogP contribution in [0.15, 0.2) is 39.5 Å². The van der Waals surface area contributed by atoms with E-state index in [4.69, 9.17) is 4.42 Å². The summed E-state index contributed by atoms with van der Waals surface area (Å²) in [5.41, 5.74) is 2.46. The van der Waals surface area contributed by atoms with E-state index in [0.29, 0.717) is 0 Å². The van der Waals surface area contributed by atoms with Gasteiger partial charge in [0.2, 0.25) is 0 Å². The van der Waals surface area contributed by atoms with Crippen LogP contribution in [0.5, 0.6) is 0 Å². The van der Waals surface area contributed by atoms with Gasteiger partial charge in [0.1, 0.15) is 11.5 Å². The molecule has 0 aliphatic rings. The molecule has 3 aromatic rings. The molecule has 0 saturated carbocycles. The zero-order chi connectivity index (χ0) is 13.4. The van der Waals surface area contributed by atoms with Gasteiger partial charge in [0.15, 0.2) is 0 Å². The number of halogens is 1. The SMILES string of the molecule is CCc1ccc(C(Br)c2ccc3[nH]c(=O)[nH]c3c2)o1. The van der Waals surface area contributed by atoms with Crippen molar-refractivity contribution in [3.8, 4) is 0 Å². The second kappa shape index (κ2) is 4.74. The van der Waals surface area contributed by atoms with Crippen molar-refractivity contribution >= 4 is 27.0 Å². The number of nitrogens with one attached hydrogen (secondary N) is 2. The Morgan fingerprint density at radius 1 is 1.21 bits per heavy atom. The number of aryl methyl sites for hydroxylation is 1. The first-order valence-corrected chi connectivity index (χ1v) is 7.03. The van der Waals surface area contributed by atoms with E-state index in [1.165, 1.54) is 0 Å². The Kier molecular flexibility index (Phi) is 3.06. The van der Waals surface area contributed by atoms with Gasteiger partial charge in [-0.2, -0.15) is 0 Å². The van der Waals surface area contributed by atoms with E-state index in [9.17, 15) is 4.79 Å². The van der Waals surface area contributed by atoms with Gasteiger partial charge in [0.05, 0.1) is 15.9 Å². The minimum absolute atomic E-state index is 0.0180. The number of alkyl halides is 1. The van der Waals surface area contributed by atoms with Gasteiger partial charge in [-0.15, -0.1) is 0 Å². The summed E-state index contributed by atoms with van der Waals surface area (Å²) in [5.74, 6) is 1.84. The van der Waals surface area contributed by atoms with Crippen molar-refractivity contribution < 1.29 is 4.42 Å². The van der Waals surface area contributed by atoms with Crippen LogP contribution in [0, 0.1) is 0 Å². The van der Waals surface area contributed by atoms with Gasteiger partial charge in [-0.1, -0.05) is 28.9 Å². The summed E-state index contributed by atoms with van der Waals surface area (Å²) in [6.07, 6.45) is 0.879. The molecule has 0 aliphatic heterocycles. The van der Waals surface area contributed by atoms with Gasteiger partial charge in [-0.05, 0) is 29.8 Å². The third kappa shape index (κ3) is 2.26. The summed E-state index contributed by atoms with van der Waals surface area (Å²) in [4.78, 5) is 16.7. The number of hydrogen-bond acceptors (Lipinski definition) is 2. The molecule has 0 spiro atoms. The predicted octanol–water partition coefficient (Wildman–Crippen LogP) is 3.50. The van der Waals surface area contributed by atoms with Crippen LogP contribution in [0.25, 0.3) is 11.0 Å². The molecule has 98 valence electrons. The molecule has 19 heavy (non-hydrogen) atoms. The normalized spacial score (nSPS) is 12.9. The van der Waals surface area contributed by atoms with Crippen LogP contribution in [-0.2, 0) is 6.42 Å². The minimum Gasteiger partial charge on any atom is -0.465 e. The molecule has 0 bridgehead atoms. The maximum Gasteiger partial charge on any atom is 0.323 e. The molecule has 1 atom stereocenters. The molecule has 1 aromatic carbocycles. The Morgan fingerprint density at radius 3 is 2.74 bits per heavy atom. The molecule has 1 unspecified atom stereocenters. The van der Waals surface area contributed by atoms with Crippen LogP contribution in [-0.4, -0.2) is 9.97 Å². The maximum atomic E-state index is 11.2. The maximum absolute atomic E-state index is 11.2. The Hall–Kier alpha value is -1.75. The van der Waals surface area contributed by atoms with Gasteiger partial charge in [-0.3, -0.25) is 0 Å². The molecule has 2 aromatic heterocycles. The lowest BCUT2D eigenvalue weighted by atomic mass is 10.1.